The normalized spacial score (nSPS) is 11.3. The summed E-state index contributed by atoms with van der Waals surface area (Å²) in [5.74, 6) is -1.55. The molecule has 2 amide bonds. The van der Waals surface area contributed by atoms with Crippen molar-refractivity contribution in [3.63, 3.8) is 0 Å². The van der Waals surface area contributed by atoms with E-state index in [4.69, 9.17) is 10.5 Å². The van der Waals surface area contributed by atoms with E-state index >= 15 is 0 Å². The maximum atomic E-state index is 14.0. The number of hydrogen-bond acceptors (Lipinski definition) is 6. The Balaban J connectivity index is 1.53. The molecule has 0 unspecified atom stereocenters. The molecule has 180 valence electrons. The number of pyridine rings is 1. The number of thiophene rings is 1. The largest absolute Gasteiger partial charge is 0.465 e. The van der Waals surface area contributed by atoms with Gasteiger partial charge < -0.3 is 21.1 Å². The molecule has 4 rings (SSSR count). The predicted molar refractivity (Wildman–Crippen MR) is 125 cm³/mol. The quantitative estimate of drug-likeness (QED) is 0.229. The van der Waals surface area contributed by atoms with Crippen molar-refractivity contribution in [1.29, 1.82) is 0 Å². The zero-order chi connectivity index (χ0) is 25.3. The fraction of sp³-hybridized carbons (Fsp3) is 0.0870. The van der Waals surface area contributed by atoms with Gasteiger partial charge >= 0.3 is 18.2 Å². The Labute approximate surface area is 199 Å². The lowest BCUT2D eigenvalue weighted by Gasteiger charge is -2.11. The fourth-order valence-corrected chi connectivity index (χ4v) is 4.30. The summed E-state index contributed by atoms with van der Waals surface area (Å²) in [6.45, 7) is 0. The first kappa shape index (κ1) is 24.0. The molecule has 0 saturated heterocycles. The summed E-state index contributed by atoms with van der Waals surface area (Å²) >= 11 is 1.39. The molecule has 0 fully saturated rings. The number of aromatic nitrogens is 1. The molecule has 35 heavy (non-hydrogen) atoms. The smallest absolute Gasteiger partial charge is 0.416 e. The summed E-state index contributed by atoms with van der Waals surface area (Å²) in [5.41, 5.74) is 5.57. The molecule has 0 aliphatic carbocycles. The van der Waals surface area contributed by atoms with E-state index < -0.39 is 35.2 Å². The number of halogens is 4. The topological polar surface area (TPSA) is 106 Å². The number of nitrogens with two attached hydrogens (primary N) is 1. The van der Waals surface area contributed by atoms with Gasteiger partial charge in [-0.3, -0.25) is 0 Å². The van der Waals surface area contributed by atoms with Gasteiger partial charge in [0, 0.05) is 27.0 Å². The summed E-state index contributed by atoms with van der Waals surface area (Å²) in [4.78, 5) is 28.9. The van der Waals surface area contributed by atoms with E-state index in [2.05, 4.69) is 15.6 Å². The number of amides is 2. The number of hydrogen-bond donors (Lipinski definition) is 3. The molecule has 4 N–H and O–H groups in total. The molecule has 4 aromatic rings. The van der Waals surface area contributed by atoms with Crippen molar-refractivity contribution in [1.82, 2.24) is 4.98 Å². The zero-order valence-corrected chi connectivity index (χ0v) is 18.7. The molecule has 2 aromatic carbocycles. The van der Waals surface area contributed by atoms with Crippen molar-refractivity contribution < 1.29 is 31.9 Å². The van der Waals surface area contributed by atoms with Gasteiger partial charge in [-0.05, 0) is 53.9 Å². The van der Waals surface area contributed by atoms with Crippen molar-refractivity contribution in [3.8, 4) is 10.4 Å². The second-order valence-electron chi connectivity index (χ2n) is 7.28. The molecular weight excluding hydrogens is 488 g/mol. The SMILES string of the molecule is COC(=O)c1cnc(N)c(-c2cc3cc(NC(=O)Nc4ccc(C(F)(F)F)cc4F)ccc3s2)c1. The summed E-state index contributed by atoms with van der Waals surface area (Å²) in [5, 5.41) is 5.44. The highest BCUT2D eigenvalue weighted by atomic mass is 32.1. The minimum atomic E-state index is -4.70. The number of anilines is 3. The summed E-state index contributed by atoms with van der Waals surface area (Å²) in [6.07, 6.45) is -3.38. The van der Waals surface area contributed by atoms with Gasteiger partial charge in [0.05, 0.1) is 23.9 Å². The minimum Gasteiger partial charge on any atom is -0.465 e. The van der Waals surface area contributed by atoms with E-state index in [1.165, 1.54) is 24.6 Å². The van der Waals surface area contributed by atoms with E-state index in [1.807, 2.05) is 0 Å². The lowest BCUT2D eigenvalue weighted by molar-refractivity contribution is -0.137. The van der Waals surface area contributed by atoms with Crippen molar-refractivity contribution >= 4 is 50.6 Å². The van der Waals surface area contributed by atoms with E-state index in [0.29, 0.717) is 23.4 Å². The van der Waals surface area contributed by atoms with Crippen LogP contribution in [0, 0.1) is 5.82 Å². The number of ether oxygens (including phenoxy) is 1. The Hall–Kier alpha value is -4.19. The number of fused-ring (bicyclic) bond motifs is 1. The standard InChI is InChI=1S/C23H16F4N4O3S/c1-34-21(32)12-7-15(20(28)29-10-12)19-8-11-6-14(3-5-18(11)35-19)30-22(33)31-17-4-2-13(9-16(17)24)23(25,26)27/h2-10H,1H3,(H2,28,29)(H2,30,31,33). The van der Waals surface area contributed by atoms with E-state index in [9.17, 15) is 27.2 Å². The van der Waals surface area contributed by atoms with E-state index in [0.717, 1.165) is 21.0 Å². The molecule has 7 nitrogen and oxygen atoms in total. The molecule has 0 atom stereocenters. The average molecular weight is 504 g/mol. The average Bonchev–Trinajstić information content (AvgIpc) is 3.22. The summed E-state index contributed by atoms with van der Waals surface area (Å²) < 4.78 is 57.6. The number of rotatable bonds is 4. The molecule has 2 aromatic heterocycles. The van der Waals surface area contributed by atoms with Crippen LogP contribution in [0.5, 0.6) is 0 Å². The lowest BCUT2D eigenvalue weighted by atomic mass is 10.1. The number of nitrogen functional groups attached to an aromatic ring is 1. The van der Waals surface area contributed by atoms with Crippen LogP contribution in [0.25, 0.3) is 20.5 Å². The number of nitrogens with zero attached hydrogens (tertiary/aromatic N) is 1. The van der Waals surface area contributed by atoms with Gasteiger partial charge in [-0.2, -0.15) is 13.2 Å². The van der Waals surface area contributed by atoms with Crippen LogP contribution >= 0.6 is 11.3 Å². The van der Waals surface area contributed by atoms with Crippen LogP contribution in [-0.4, -0.2) is 24.1 Å². The number of alkyl halides is 3. The summed E-state index contributed by atoms with van der Waals surface area (Å²) in [6, 6.07) is 9.37. The molecule has 0 aliphatic rings. The van der Waals surface area contributed by atoms with Crippen molar-refractivity contribution in [2.45, 2.75) is 6.18 Å². The van der Waals surface area contributed by atoms with Crippen molar-refractivity contribution in [2.75, 3.05) is 23.5 Å². The fourth-order valence-electron chi connectivity index (χ4n) is 3.23. The highest BCUT2D eigenvalue weighted by Crippen LogP contribution is 2.37. The van der Waals surface area contributed by atoms with Crippen LogP contribution in [0.4, 0.5) is 39.5 Å². The highest BCUT2D eigenvalue weighted by molar-refractivity contribution is 7.22. The van der Waals surface area contributed by atoms with Crippen LogP contribution in [0.3, 0.4) is 0 Å². The van der Waals surface area contributed by atoms with Crippen LogP contribution in [-0.2, 0) is 10.9 Å². The van der Waals surface area contributed by atoms with Gasteiger partial charge in [-0.15, -0.1) is 11.3 Å². The number of benzene rings is 2. The third kappa shape index (κ3) is 5.17. The maximum absolute atomic E-state index is 14.0. The molecule has 0 radical (unpaired) electrons. The Morgan fingerprint density at radius 2 is 1.83 bits per heavy atom. The maximum Gasteiger partial charge on any atom is 0.416 e. The molecule has 12 heteroatoms. The monoisotopic (exact) mass is 504 g/mol. The number of carbonyl (C=O) groups excluding carboxylic acids is 2. The molecule has 0 bridgehead atoms. The van der Waals surface area contributed by atoms with Gasteiger partial charge in [-0.1, -0.05) is 0 Å². The van der Waals surface area contributed by atoms with Gasteiger partial charge in [0.15, 0.2) is 0 Å². The second kappa shape index (κ2) is 9.22. The first-order valence-corrected chi connectivity index (χ1v) is 10.7. The Morgan fingerprint density at radius 1 is 1.06 bits per heavy atom. The van der Waals surface area contributed by atoms with E-state index in [1.54, 1.807) is 30.3 Å². The van der Waals surface area contributed by atoms with Crippen molar-refractivity contribution in [3.05, 3.63) is 71.7 Å². The molecule has 2 heterocycles. The van der Waals surface area contributed by atoms with Crippen LogP contribution < -0.4 is 16.4 Å². The Bertz CT molecular complexity index is 1450. The van der Waals surface area contributed by atoms with Gasteiger partial charge in [0.25, 0.3) is 0 Å². The summed E-state index contributed by atoms with van der Waals surface area (Å²) in [7, 11) is 1.26. The first-order valence-electron chi connectivity index (χ1n) is 9.87. The number of urea groups is 1. The van der Waals surface area contributed by atoms with Gasteiger partial charge in [0.2, 0.25) is 0 Å². The second-order valence-corrected chi connectivity index (χ2v) is 8.37. The number of methoxy groups -OCH3 is 1. The predicted octanol–water partition coefficient (Wildman–Crippen LogP) is 6.13. The Morgan fingerprint density at radius 3 is 2.51 bits per heavy atom. The molecular formula is C23H16F4N4O3S. The molecule has 0 spiro atoms. The Kier molecular flexibility index (Phi) is 6.31. The molecule has 0 saturated carbocycles. The zero-order valence-electron chi connectivity index (χ0n) is 17.9. The van der Waals surface area contributed by atoms with Crippen molar-refractivity contribution in [2.24, 2.45) is 0 Å². The van der Waals surface area contributed by atoms with Crippen LogP contribution in [0.2, 0.25) is 0 Å². The molecule has 0 aliphatic heterocycles. The highest BCUT2D eigenvalue weighted by Gasteiger charge is 2.31. The van der Waals surface area contributed by atoms with Crippen LogP contribution in [0.15, 0.2) is 54.7 Å². The van der Waals surface area contributed by atoms with Gasteiger partial charge in [-0.25, -0.2) is 19.0 Å². The number of esters is 1. The van der Waals surface area contributed by atoms with E-state index in [-0.39, 0.29) is 11.4 Å². The number of nitrogens with one attached hydrogen (secondary N) is 2. The van der Waals surface area contributed by atoms with Gasteiger partial charge in [0.1, 0.15) is 11.6 Å². The number of carbonyl (C=O) groups is 2. The lowest BCUT2D eigenvalue weighted by Crippen LogP contribution is -2.20. The third-order valence-electron chi connectivity index (χ3n) is 4.92. The first-order chi connectivity index (χ1) is 16.5. The van der Waals surface area contributed by atoms with Crippen LogP contribution in [0.1, 0.15) is 15.9 Å². The third-order valence-corrected chi connectivity index (χ3v) is 6.07. The minimum absolute atomic E-state index is 0.223.